The largest absolute Gasteiger partial charge is 0.306 e. The van der Waals surface area contributed by atoms with Crippen LogP contribution in [0.3, 0.4) is 0 Å². The summed E-state index contributed by atoms with van der Waals surface area (Å²) in [5, 5.41) is 11.2. The predicted octanol–water partition coefficient (Wildman–Crippen LogP) is -0.366. The van der Waals surface area contributed by atoms with Crippen LogP contribution >= 0.6 is 0 Å². The Morgan fingerprint density at radius 1 is 1.60 bits per heavy atom. The van der Waals surface area contributed by atoms with E-state index in [9.17, 15) is 4.79 Å². The molecule has 58 valence electrons. The van der Waals surface area contributed by atoms with E-state index < -0.39 is 5.54 Å². The van der Waals surface area contributed by atoms with E-state index in [-0.39, 0.29) is 5.91 Å². The smallest absolute Gasteiger partial charge is 0.263 e. The normalized spacial score (nSPS) is 21.4. The first kappa shape index (κ1) is 7.50. The maximum absolute atomic E-state index is 10.9. The molecule has 1 aliphatic carbocycles. The molecule has 10 heavy (non-hydrogen) atoms. The number of hydrogen-bond acceptors (Lipinski definition) is 3. The Kier molecular flexibility index (Phi) is 1.92. The van der Waals surface area contributed by atoms with Gasteiger partial charge in [0.25, 0.3) is 5.91 Å². The molecule has 4 nitrogen and oxygen atoms in total. The predicted molar refractivity (Wildman–Crippen MR) is 35.6 cm³/mol. The second-order valence-electron chi connectivity index (χ2n) is 2.63. The SMILES string of the molecule is CNC1(C(=O)NO)CCC1. The van der Waals surface area contributed by atoms with Gasteiger partial charge in [0.2, 0.25) is 0 Å². The number of rotatable bonds is 2. The summed E-state index contributed by atoms with van der Waals surface area (Å²) in [6, 6.07) is 0. The van der Waals surface area contributed by atoms with Gasteiger partial charge in [-0.3, -0.25) is 10.0 Å². The minimum absolute atomic E-state index is 0.318. The molecule has 1 rings (SSSR count). The molecule has 0 unspecified atom stereocenters. The molecule has 1 aliphatic rings. The van der Waals surface area contributed by atoms with Crippen molar-refractivity contribution in [2.45, 2.75) is 24.8 Å². The maximum Gasteiger partial charge on any atom is 0.263 e. The van der Waals surface area contributed by atoms with Gasteiger partial charge >= 0.3 is 0 Å². The van der Waals surface area contributed by atoms with E-state index in [4.69, 9.17) is 5.21 Å². The Morgan fingerprint density at radius 3 is 2.30 bits per heavy atom. The molecule has 3 N–H and O–H groups in total. The first-order valence-electron chi connectivity index (χ1n) is 3.38. The summed E-state index contributed by atoms with van der Waals surface area (Å²) in [7, 11) is 1.73. The van der Waals surface area contributed by atoms with Crippen LogP contribution in [0, 0.1) is 0 Å². The molecule has 0 aromatic heterocycles. The molecule has 0 aromatic carbocycles. The van der Waals surface area contributed by atoms with Gasteiger partial charge in [-0.25, -0.2) is 5.48 Å². The van der Waals surface area contributed by atoms with Crippen molar-refractivity contribution in [3.63, 3.8) is 0 Å². The number of likely N-dealkylation sites (N-methyl/N-ethyl adjacent to an activating group) is 1. The number of nitrogens with one attached hydrogen (secondary N) is 2. The van der Waals surface area contributed by atoms with Crippen molar-refractivity contribution in [1.82, 2.24) is 10.8 Å². The van der Waals surface area contributed by atoms with Crippen LogP contribution in [0.25, 0.3) is 0 Å². The molecule has 0 radical (unpaired) electrons. The molecule has 0 aromatic rings. The van der Waals surface area contributed by atoms with E-state index in [1.165, 1.54) is 0 Å². The Hall–Kier alpha value is -0.610. The number of amides is 1. The minimum Gasteiger partial charge on any atom is -0.306 e. The van der Waals surface area contributed by atoms with Gasteiger partial charge in [0, 0.05) is 0 Å². The van der Waals surface area contributed by atoms with Crippen LogP contribution in [0.1, 0.15) is 19.3 Å². The highest BCUT2D eigenvalue weighted by Gasteiger charge is 2.42. The van der Waals surface area contributed by atoms with Gasteiger partial charge in [-0.05, 0) is 26.3 Å². The van der Waals surface area contributed by atoms with Crippen molar-refractivity contribution in [3.05, 3.63) is 0 Å². The molecule has 1 amide bonds. The van der Waals surface area contributed by atoms with Gasteiger partial charge in [0.15, 0.2) is 0 Å². The molecule has 0 aliphatic heterocycles. The van der Waals surface area contributed by atoms with Crippen LogP contribution in [0.2, 0.25) is 0 Å². The third-order valence-corrected chi connectivity index (χ3v) is 2.22. The summed E-state index contributed by atoms with van der Waals surface area (Å²) >= 11 is 0. The molecule has 0 spiro atoms. The fourth-order valence-electron chi connectivity index (χ4n) is 1.23. The molecule has 0 heterocycles. The lowest BCUT2D eigenvalue weighted by molar-refractivity contribution is -0.139. The van der Waals surface area contributed by atoms with Gasteiger partial charge in [0.1, 0.15) is 0 Å². The third kappa shape index (κ3) is 0.892. The highest BCUT2D eigenvalue weighted by atomic mass is 16.5. The zero-order valence-electron chi connectivity index (χ0n) is 5.98. The van der Waals surface area contributed by atoms with Gasteiger partial charge < -0.3 is 5.32 Å². The van der Waals surface area contributed by atoms with Crippen molar-refractivity contribution >= 4 is 5.91 Å². The van der Waals surface area contributed by atoms with Crippen molar-refractivity contribution in [2.24, 2.45) is 0 Å². The molecule has 1 saturated carbocycles. The highest BCUT2D eigenvalue weighted by molar-refractivity contribution is 5.86. The first-order valence-corrected chi connectivity index (χ1v) is 3.38. The van der Waals surface area contributed by atoms with Crippen LogP contribution in [0.15, 0.2) is 0 Å². The standard InChI is InChI=1S/C6H12N2O2/c1-7-6(3-2-4-6)5(9)8-10/h7,10H,2-4H2,1H3,(H,8,9). The molecule has 4 heteroatoms. The van der Waals surface area contributed by atoms with Crippen LogP contribution in [0.4, 0.5) is 0 Å². The number of hydroxylamine groups is 1. The van der Waals surface area contributed by atoms with E-state index in [0.29, 0.717) is 0 Å². The third-order valence-electron chi connectivity index (χ3n) is 2.22. The molecule has 1 fully saturated rings. The highest BCUT2D eigenvalue weighted by Crippen LogP contribution is 2.31. The lowest BCUT2D eigenvalue weighted by Crippen LogP contribution is -2.59. The average molecular weight is 144 g/mol. The lowest BCUT2D eigenvalue weighted by Gasteiger charge is -2.38. The minimum atomic E-state index is -0.477. The summed E-state index contributed by atoms with van der Waals surface area (Å²) in [5.74, 6) is -0.318. The summed E-state index contributed by atoms with van der Waals surface area (Å²) in [6.45, 7) is 0. The van der Waals surface area contributed by atoms with Crippen LogP contribution in [-0.4, -0.2) is 23.7 Å². The second-order valence-corrected chi connectivity index (χ2v) is 2.63. The van der Waals surface area contributed by atoms with Crippen LogP contribution < -0.4 is 10.8 Å². The summed E-state index contributed by atoms with van der Waals surface area (Å²) < 4.78 is 0. The molecular formula is C6H12N2O2. The van der Waals surface area contributed by atoms with E-state index in [1.807, 2.05) is 0 Å². The van der Waals surface area contributed by atoms with Crippen molar-refractivity contribution in [1.29, 1.82) is 0 Å². The van der Waals surface area contributed by atoms with Gasteiger partial charge in [-0.1, -0.05) is 0 Å². The van der Waals surface area contributed by atoms with Gasteiger partial charge in [-0.15, -0.1) is 0 Å². The van der Waals surface area contributed by atoms with E-state index in [1.54, 1.807) is 12.5 Å². The van der Waals surface area contributed by atoms with Crippen molar-refractivity contribution in [3.8, 4) is 0 Å². The lowest BCUT2D eigenvalue weighted by atomic mass is 9.76. The summed E-state index contributed by atoms with van der Waals surface area (Å²) in [4.78, 5) is 10.9. The summed E-state index contributed by atoms with van der Waals surface area (Å²) in [5.41, 5.74) is 1.18. The molecule has 0 atom stereocenters. The van der Waals surface area contributed by atoms with E-state index in [2.05, 4.69) is 5.32 Å². The van der Waals surface area contributed by atoms with Gasteiger partial charge in [0.05, 0.1) is 5.54 Å². The zero-order chi connectivity index (χ0) is 7.61. The fraction of sp³-hybridized carbons (Fsp3) is 0.833. The van der Waals surface area contributed by atoms with Gasteiger partial charge in [-0.2, -0.15) is 0 Å². The van der Waals surface area contributed by atoms with Crippen molar-refractivity contribution < 1.29 is 10.0 Å². The zero-order valence-corrected chi connectivity index (χ0v) is 5.98. The topological polar surface area (TPSA) is 61.4 Å². The van der Waals surface area contributed by atoms with Crippen LogP contribution in [0.5, 0.6) is 0 Å². The van der Waals surface area contributed by atoms with Crippen LogP contribution in [-0.2, 0) is 4.79 Å². The van der Waals surface area contributed by atoms with Crippen molar-refractivity contribution in [2.75, 3.05) is 7.05 Å². The maximum atomic E-state index is 10.9. The summed E-state index contributed by atoms with van der Waals surface area (Å²) in [6.07, 6.45) is 2.68. The second kappa shape index (κ2) is 2.56. The number of hydrogen-bond donors (Lipinski definition) is 3. The molecular weight excluding hydrogens is 132 g/mol. The fourth-order valence-corrected chi connectivity index (χ4v) is 1.23. The van der Waals surface area contributed by atoms with E-state index in [0.717, 1.165) is 19.3 Å². The Labute approximate surface area is 59.6 Å². The molecule has 0 saturated heterocycles. The monoisotopic (exact) mass is 144 g/mol. The first-order chi connectivity index (χ1) is 4.75. The Bertz CT molecular complexity index is 137. The molecule has 0 bridgehead atoms. The Morgan fingerprint density at radius 2 is 2.20 bits per heavy atom. The number of carbonyl (C=O) groups is 1. The average Bonchev–Trinajstić information content (AvgIpc) is 1.86. The Balaban J connectivity index is 2.55. The quantitative estimate of drug-likeness (QED) is 0.366. The van der Waals surface area contributed by atoms with E-state index >= 15 is 0 Å². The number of carbonyl (C=O) groups excluding carboxylic acids is 1.